The quantitative estimate of drug-likeness (QED) is 0.529. The second-order valence-electron chi connectivity index (χ2n) is 13.1. The third-order valence-electron chi connectivity index (χ3n) is 9.13. The van der Waals surface area contributed by atoms with Gasteiger partial charge in [0.1, 0.15) is 5.54 Å². The summed E-state index contributed by atoms with van der Waals surface area (Å²) in [6, 6.07) is 5.94. The summed E-state index contributed by atoms with van der Waals surface area (Å²) in [5.74, 6) is -0.722. The van der Waals surface area contributed by atoms with Gasteiger partial charge in [-0.2, -0.15) is 0 Å². The molecular weight excluding hydrogens is 464 g/mol. The lowest BCUT2D eigenvalue weighted by molar-refractivity contribution is -0.216. The van der Waals surface area contributed by atoms with Crippen molar-refractivity contribution in [2.75, 3.05) is 6.61 Å². The van der Waals surface area contributed by atoms with Crippen molar-refractivity contribution in [3.8, 4) is 0 Å². The van der Waals surface area contributed by atoms with E-state index in [4.69, 9.17) is 16.3 Å². The number of amides is 2. The molecular formula is C28H37ClN2O4. The minimum atomic E-state index is -0.803. The predicted octanol–water partition coefficient (Wildman–Crippen LogP) is 5.88. The van der Waals surface area contributed by atoms with Crippen molar-refractivity contribution in [2.45, 2.75) is 90.3 Å². The molecule has 0 aromatic heterocycles. The van der Waals surface area contributed by atoms with E-state index in [0.717, 1.165) is 29.5 Å². The van der Waals surface area contributed by atoms with E-state index < -0.39 is 28.1 Å². The molecule has 1 aromatic rings. The highest BCUT2D eigenvalue weighted by Crippen LogP contribution is 2.70. The zero-order chi connectivity index (χ0) is 25.6. The summed E-state index contributed by atoms with van der Waals surface area (Å²) in [4.78, 5) is 27.0. The molecule has 6 rings (SSSR count). The molecule has 0 radical (unpaired) electrons. The summed E-state index contributed by atoms with van der Waals surface area (Å²) >= 11 is 6.78. The predicted molar refractivity (Wildman–Crippen MR) is 135 cm³/mol. The zero-order valence-corrected chi connectivity index (χ0v) is 22.4. The van der Waals surface area contributed by atoms with Crippen LogP contribution in [0.5, 0.6) is 0 Å². The van der Waals surface area contributed by atoms with Crippen LogP contribution in [-0.2, 0) is 21.5 Å². The number of rotatable bonds is 5. The van der Waals surface area contributed by atoms with E-state index in [9.17, 15) is 14.7 Å². The van der Waals surface area contributed by atoms with E-state index in [2.05, 4.69) is 59.0 Å². The van der Waals surface area contributed by atoms with Crippen LogP contribution < -0.4 is 5.32 Å². The highest BCUT2D eigenvalue weighted by Gasteiger charge is 2.75. The number of nitrogens with one attached hydrogen (secondary N) is 1. The number of ether oxygens (including phenoxy) is 1. The number of benzene rings is 1. The van der Waals surface area contributed by atoms with Crippen molar-refractivity contribution >= 4 is 23.6 Å². The zero-order valence-electron chi connectivity index (χ0n) is 21.6. The molecule has 6 nitrogen and oxygen atoms in total. The van der Waals surface area contributed by atoms with E-state index in [-0.39, 0.29) is 17.4 Å². The Labute approximate surface area is 213 Å². The minimum Gasteiger partial charge on any atom is -0.481 e. The molecule has 0 spiro atoms. The van der Waals surface area contributed by atoms with E-state index in [1.165, 1.54) is 0 Å². The van der Waals surface area contributed by atoms with E-state index >= 15 is 0 Å². The number of halogens is 1. The van der Waals surface area contributed by atoms with Crippen LogP contribution in [0.1, 0.15) is 78.4 Å². The van der Waals surface area contributed by atoms with Crippen molar-refractivity contribution in [1.82, 2.24) is 10.2 Å². The first-order valence-electron chi connectivity index (χ1n) is 12.6. The van der Waals surface area contributed by atoms with E-state index in [0.29, 0.717) is 30.9 Å². The van der Waals surface area contributed by atoms with Gasteiger partial charge in [-0.1, -0.05) is 51.4 Å². The number of aryl methyl sites for hydroxylation is 1. The number of carbonyl (C=O) groups is 2. The summed E-state index contributed by atoms with van der Waals surface area (Å²) < 4.78 is 6.34. The molecule has 4 fully saturated rings. The molecule has 35 heavy (non-hydrogen) atoms. The Balaban J connectivity index is 1.51. The molecule has 2 N–H and O–H groups in total. The molecule has 1 saturated heterocycles. The maximum absolute atomic E-state index is 13.5. The van der Waals surface area contributed by atoms with Gasteiger partial charge in [0.25, 0.3) is 0 Å². The standard InChI is InChI=1S/C28H37ClN2O4/c1-17-20-12-31(27-13-26(14-27,15-27)22(32)33)23(34)30-28(20,16-35-25(17,5)6)19-8-7-18(21(29)11-19)9-10-24(2,3)4/h7-8,11-12,17H,9-10,13-16H2,1-6H3,(H,30,34)(H,32,33)/t17?,26?,27?,28-/m1/s1. The van der Waals surface area contributed by atoms with Gasteiger partial charge in [0.15, 0.2) is 0 Å². The van der Waals surface area contributed by atoms with Crippen molar-refractivity contribution in [2.24, 2.45) is 16.7 Å². The Morgan fingerprint density at radius 3 is 2.49 bits per heavy atom. The van der Waals surface area contributed by atoms with Crippen LogP contribution in [0.25, 0.3) is 0 Å². The number of hydrogen-bond donors (Lipinski definition) is 2. The molecule has 2 atom stereocenters. The largest absolute Gasteiger partial charge is 0.481 e. The summed E-state index contributed by atoms with van der Waals surface area (Å²) in [5, 5.41) is 13.6. The summed E-state index contributed by atoms with van der Waals surface area (Å²) in [6.45, 7) is 13.3. The summed E-state index contributed by atoms with van der Waals surface area (Å²) in [5.41, 5.74) is 1.08. The van der Waals surface area contributed by atoms with Crippen LogP contribution in [-0.4, -0.2) is 39.8 Å². The molecule has 2 heterocycles. The monoisotopic (exact) mass is 500 g/mol. The second-order valence-corrected chi connectivity index (χ2v) is 13.5. The van der Waals surface area contributed by atoms with Gasteiger partial charge in [0.2, 0.25) is 0 Å². The first-order valence-corrected chi connectivity index (χ1v) is 13.0. The molecule has 1 aromatic carbocycles. The fraction of sp³-hybridized carbons (Fsp3) is 0.643. The van der Waals surface area contributed by atoms with Gasteiger partial charge >= 0.3 is 12.0 Å². The van der Waals surface area contributed by atoms with E-state index in [1.54, 1.807) is 4.90 Å². The maximum atomic E-state index is 13.5. The van der Waals surface area contributed by atoms with Crippen LogP contribution in [0.3, 0.4) is 0 Å². The number of carboxylic acid groups (broad SMARTS) is 1. The number of aliphatic carboxylic acids is 1. The minimum absolute atomic E-state index is 0.0273. The Morgan fingerprint density at radius 1 is 1.26 bits per heavy atom. The molecule has 190 valence electrons. The third-order valence-corrected chi connectivity index (χ3v) is 9.48. The number of carbonyl (C=O) groups excluding carboxylic acids is 1. The van der Waals surface area contributed by atoms with Crippen molar-refractivity contribution < 1.29 is 19.4 Å². The summed E-state index contributed by atoms with van der Waals surface area (Å²) in [7, 11) is 0. The number of nitrogens with zero attached hydrogens (tertiary/aromatic N) is 1. The Morgan fingerprint density at radius 2 is 1.91 bits per heavy atom. The number of carboxylic acids is 1. The van der Waals surface area contributed by atoms with Crippen LogP contribution >= 0.6 is 11.6 Å². The van der Waals surface area contributed by atoms with Gasteiger partial charge in [-0.25, -0.2) is 4.79 Å². The van der Waals surface area contributed by atoms with E-state index in [1.807, 2.05) is 12.3 Å². The van der Waals surface area contributed by atoms with Crippen LogP contribution in [0.4, 0.5) is 4.79 Å². The molecule has 2 bridgehead atoms. The fourth-order valence-corrected chi connectivity index (χ4v) is 6.71. The Kier molecular flexibility index (Phi) is 5.27. The molecule has 2 aliphatic heterocycles. The lowest BCUT2D eigenvalue weighted by Gasteiger charge is -2.71. The molecule has 1 unspecified atom stereocenters. The third kappa shape index (κ3) is 3.62. The van der Waals surface area contributed by atoms with Crippen molar-refractivity contribution in [3.05, 3.63) is 46.1 Å². The molecule has 5 aliphatic rings. The number of fused-ring (bicyclic) bond motifs is 1. The average molecular weight is 501 g/mol. The normalized spacial score (nSPS) is 35.3. The molecule has 3 aliphatic carbocycles. The average Bonchev–Trinajstić information content (AvgIpc) is 2.68. The topological polar surface area (TPSA) is 78.9 Å². The molecule has 7 heteroatoms. The van der Waals surface area contributed by atoms with Crippen LogP contribution in [0.15, 0.2) is 30.0 Å². The van der Waals surface area contributed by atoms with Crippen LogP contribution in [0, 0.1) is 16.7 Å². The molecule has 3 saturated carbocycles. The molecule has 2 amide bonds. The van der Waals surface area contributed by atoms with Crippen LogP contribution in [0.2, 0.25) is 5.02 Å². The lowest BCUT2D eigenvalue weighted by Crippen LogP contribution is -2.79. The second kappa shape index (κ2) is 7.48. The van der Waals surface area contributed by atoms with Gasteiger partial charge < -0.3 is 15.2 Å². The number of hydrogen-bond acceptors (Lipinski definition) is 3. The SMILES string of the molecule is CC1C2=CN(C34CC(C(=O)O)(C3)C4)C(=O)N[C@@]2(c2ccc(CCC(C)(C)C)c(Cl)c2)COC1(C)C. The lowest BCUT2D eigenvalue weighted by atomic mass is 9.38. The van der Waals surface area contributed by atoms with Gasteiger partial charge in [-0.15, -0.1) is 0 Å². The highest BCUT2D eigenvalue weighted by molar-refractivity contribution is 6.31. The number of urea groups is 1. The first kappa shape index (κ1) is 24.6. The fourth-order valence-electron chi connectivity index (χ4n) is 6.43. The first-order chi connectivity index (χ1) is 16.1. The van der Waals surface area contributed by atoms with Gasteiger partial charge in [-0.3, -0.25) is 9.69 Å². The summed E-state index contributed by atoms with van der Waals surface area (Å²) in [6.07, 6.45) is 5.47. The maximum Gasteiger partial charge on any atom is 0.322 e. The van der Waals surface area contributed by atoms with Gasteiger partial charge in [0, 0.05) is 17.1 Å². The Hall–Kier alpha value is -2.05. The van der Waals surface area contributed by atoms with Crippen molar-refractivity contribution in [1.29, 1.82) is 0 Å². The van der Waals surface area contributed by atoms with Gasteiger partial charge in [-0.05, 0) is 74.1 Å². The highest BCUT2D eigenvalue weighted by atomic mass is 35.5. The van der Waals surface area contributed by atoms with Crippen molar-refractivity contribution in [3.63, 3.8) is 0 Å². The van der Waals surface area contributed by atoms with Gasteiger partial charge in [0.05, 0.1) is 23.2 Å². The Bertz CT molecular complexity index is 1110. The smallest absolute Gasteiger partial charge is 0.322 e.